The normalized spacial score (nSPS) is 17.0. The van der Waals surface area contributed by atoms with Gasteiger partial charge in [-0.05, 0) is 24.3 Å². The maximum absolute atomic E-state index is 7.81. The molecule has 0 spiro atoms. The van der Waals surface area contributed by atoms with Gasteiger partial charge in [0.1, 0.15) is 0 Å². The van der Waals surface area contributed by atoms with Crippen molar-refractivity contribution in [2.45, 2.75) is 26.2 Å². The van der Waals surface area contributed by atoms with E-state index in [2.05, 4.69) is 54.9 Å². The summed E-state index contributed by atoms with van der Waals surface area (Å²) in [6.07, 6.45) is 1.81. The van der Waals surface area contributed by atoms with Crippen LogP contribution in [0.15, 0.2) is 34.9 Å². The second-order valence-electron chi connectivity index (χ2n) is 6.71. The maximum Gasteiger partial charge on any atom is 0.200 e. The highest BCUT2D eigenvalue weighted by molar-refractivity contribution is 7.86. The Bertz CT molecular complexity index is 660. The summed E-state index contributed by atoms with van der Waals surface area (Å²) in [6.45, 7) is 8.28. The van der Waals surface area contributed by atoms with Crippen LogP contribution in [0.3, 0.4) is 0 Å². The van der Waals surface area contributed by atoms with Crippen LogP contribution in [0.2, 0.25) is 0 Å². The lowest BCUT2D eigenvalue weighted by Gasteiger charge is -2.29. The average Bonchev–Trinajstić information content (AvgIpc) is 2.98. The largest absolute Gasteiger partial charge is 0.440 e. The van der Waals surface area contributed by atoms with Crippen LogP contribution in [-0.2, 0) is 16.1 Å². The topological polar surface area (TPSA) is 53.1 Å². The van der Waals surface area contributed by atoms with E-state index in [0.29, 0.717) is 0 Å². The van der Waals surface area contributed by atoms with E-state index in [0.717, 1.165) is 41.8 Å². The zero-order chi connectivity index (χ0) is 15.7. The van der Waals surface area contributed by atoms with E-state index >= 15 is 0 Å². The molecule has 0 bridgehead atoms. The van der Waals surface area contributed by atoms with Gasteiger partial charge in [-0.2, -0.15) is 0 Å². The predicted molar refractivity (Wildman–Crippen MR) is 92.7 cm³/mol. The van der Waals surface area contributed by atoms with Gasteiger partial charge in [0.25, 0.3) is 0 Å². The first-order chi connectivity index (χ1) is 10.4. The number of oxazole rings is 1. The first-order valence-electron chi connectivity index (χ1n) is 7.64. The Morgan fingerprint density at radius 1 is 1.14 bits per heavy atom. The van der Waals surface area contributed by atoms with Gasteiger partial charge in [0.15, 0.2) is 11.7 Å². The van der Waals surface area contributed by atoms with Crippen LogP contribution >= 0.6 is 0 Å². The molecule has 5 heteroatoms. The lowest BCUT2D eigenvalue weighted by Crippen LogP contribution is -2.37. The van der Waals surface area contributed by atoms with E-state index in [1.165, 1.54) is 5.69 Å². The molecule has 1 aromatic heterocycles. The predicted octanol–water partition coefficient (Wildman–Crippen LogP) is 3.84. The monoisotopic (exact) mass is 317 g/mol. The molecule has 3 rings (SSSR count). The molecule has 0 amide bonds. The smallest absolute Gasteiger partial charge is 0.200 e. The van der Waals surface area contributed by atoms with Crippen LogP contribution in [0.4, 0.5) is 5.69 Å². The van der Waals surface area contributed by atoms with E-state index in [1.807, 2.05) is 6.20 Å². The average molecular weight is 317 g/mol. The fraction of sp³-hybridized carbons (Fsp3) is 0.471. The molecule has 1 aromatic carbocycles. The molecule has 0 aliphatic carbocycles. The van der Waals surface area contributed by atoms with E-state index in [1.54, 1.807) is 0 Å². The van der Waals surface area contributed by atoms with Gasteiger partial charge in [-0.3, -0.25) is 4.78 Å². The van der Waals surface area contributed by atoms with Crippen molar-refractivity contribution in [2.75, 3.05) is 29.5 Å². The van der Waals surface area contributed by atoms with Crippen LogP contribution in [0, 0.1) is 4.78 Å². The standard InChI is InChI=1S/C17H23N3OS/c1-17(2,3)16-19-12-15(21-16)13-4-6-14(7-5-13)20-8-10-22(18)11-9-20/h4-7,12,18H,8-11H2,1-3H3. The molecule has 0 unspecified atom stereocenters. The third-order valence-electron chi connectivity index (χ3n) is 3.88. The van der Waals surface area contributed by atoms with Crippen molar-refractivity contribution in [3.05, 3.63) is 36.4 Å². The highest BCUT2D eigenvalue weighted by atomic mass is 32.2. The van der Waals surface area contributed by atoms with E-state index in [-0.39, 0.29) is 16.1 Å². The quantitative estimate of drug-likeness (QED) is 0.915. The van der Waals surface area contributed by atoms with Gasteiger partial charge in [0.2, 0.25) is 0 Å². The number of hydrogen-bond donors (Lipinski definition) is 1. The van der Waals surface area contributed by atoms with Crippen molar-refractivity contribution in [2.24, 2.45) is 0 Å². The summed E-state index contributed by atoms with van der Waals surface area (Å²) in [5.74, 6) is 3.56. The van der Waals surface area contributed by atoms with Crippen LogP contribution in [0.25, 0.3) is 11.3 Å². The van der Waals surface area contributed by atoms with E-state index in [9.17, 15) is 0 Å². The Hall–Kier alpha value is -1.62. The molecule has 2 heterocycles. The molecule has 1 N–H and O–H groups in total. The molecule has 1 aliphatic heterocycles. The Balaban J connectivity index is 1.77. The molecular formula is C17H23N3OS. The summed E-state index contributed by atoms with van der Waals surface area (Å²) in [4.78, 5) is 6.75. The maximum atomic E-state index is 7.81. The number of aromatic nitrogens is 1. The first kappa shape index (κ1) is 15.3. The van der Waals surface area contributed by atoms with Gasteiger partial charge in [-0.1, -0.05) is 20.8 Å². The molecule has 0 radical (unpaired) electrons. The molecular weight excluding hydrogens is 294 g/mol. The lowest BCUT2D eigenvalue weighted by molar-refractivity contribution is 0.399. The minimum atomic E-state index is -0.140. The summed E-state index contributed by atoms with van der Waals surface area (Å²) in [5.41, 5.74) is 2.22. The Morgan fingerprint density at radius 2 is 1.77 bits per heavy atom. The Morgan fingerprint density at radius 3 is 2.32 bits per heavy atom. The summed E-state index contributed by atoms with van der Waals surface area (Å²) in [7, 11) is -0.140. The molecule has 22 heavy (non-hydrogen) atoms. The molecule has 1 fully saturated rings. The Labute approximate surface area is 134 Å². The minimum Gasteiger partial charge on any atom is -0.440 e. The Kier molecular flexibility index (Phi) is 4.08. The highest BCUT2D eigenvalue weighted by Gasteiger charge is 2.20. The highest BCUT2D eigenvalue weighted by Crippen LogP contribution is 2.28. The van der Waals surface area contributed by atoms with E-state index < -0.39 is 0 Å². The van der Waals surface area contributed by atoms with Crippen molar-refractivity contribution in [1.82, 2.24) is 4.98 Å². The van der Waals surface area contributed by atoms with Crippen molar-refractivity contribution >= 4 is 16.4 Å². The number of nitrogens with one attached hydrogen (secondary N) is 1. The van der Waals surface area contributed by atoms with Crippen molar-refractivity contribution in [3.63, 3.8) is 0 Å². The molecule has 1 saturated heterocycles. The number of hydrogen-bond acceptors (Lipinski definition) is 4. The zero-order valence-corrected chi connectivity index (χ0v) is 14.2. The van der Waals surface area contributed by atoms with Crippen LogP contribution in [0.1, 0.15) is 26.7 Å². The second kappa shape index (κ2) is 5.88. The van der Waals surface area contributed by atoms with Gasteiger partial charge < -0.3 is 9.32 Å². The second-order valence-corrected chi connectivity index (χ2v) is 8.52. The molecule has 2 aromatic rings. The zero-order valence-electron chi connectivity index (χ0n) is 13.4. The van der Waals surface area contributed by atoms with Crippen molar-refractivity contribution in [3.8, 4) is 11.3 Å². The summed E-state index contributed by atoms with van der Waals surface area (Å²) >= 11 is 0. The fourth-order valence-electron chi connectivity index (χ4n) is 2.50. The third kappa shape index (κ3) is 3.24. The molecule has 0 saturated carbocycles. The number of benzene rings is 1. The fourth-order valence-corrected chi connectivity index (χ4v) is 3.59. The van der Waals surface area contributed by atoms with Crippen molar-refractivity contribution in [1.29, 1.82) is 4.78 Å². The van der Waals surface area contributed by atoms with Crippen LogP contribution in [0.5, 0.6) is 0 Å². The number of nitrogens with zero attached hydrogens (tertiary/aromatic N) is 2. The molecule has 1 aliphatic rings. The van der Waals surface area contributed by atoms with Gasteiger partial charge in [-0.25, -0.2) is 4.98 Å². The SMILES string of the molecule is CC(C)(C)c1ncc(-c2ccc(N3CCS(=N)CC3)cc2)o1. The van der Waals surface area contributed by atoms with Gasteiger partial charge >= 0.3 is 0 Å². The summed E-state index contributed by atoms with van der Waals surface area (Å²) in [6, 6.07) is 8.47. The third-order valence-corrected chi connectivity index (χ3v) is 5.23. The number of rotatable bonds is 2. The van der Waals surface area contributed by atoms with Crippen LogP contribution in [-0.4, -0.2) is 29.6 Å². The summed E-state index contributed by atoms with van der Waals surface area (Å²) in [5, 5.41) is 0. The first-order valence-corrected chi connectivity index (χ1v) is 9.20. The van der Waals surface area contributed by atoms with Gasteiger partial charge in [-0.15, -0.1) is 10.7 Å². The number of anilines is 1. The van der Waals surface area contributed by atoms with E-state index in [4.69, 9.17) is 9.20 Å². The van der Waals surface area contributed by atoms with Gasteiger partial charge in [0, 0.05) is 41.3 Å². The minimum absolute atomic E-state index is 0.0699. The molecule has 118 valence electrons. The lowest BCUT2D eigenvalue weighted by atomic mass is 9.97. The molecule has 4 nitrogen and oxygen atoms in total. The van der Waals surface area contributed by atoms with Gasteiger partial charge in [0.05, 0.1) is 6.20 Å². The summed E-state index contributed by atoms with van der Waals surface area (Å²) < 4.78 is 13.7. The van der Waals surface area contributed by atoms with Crippen molar-refractivity contribution < 1.29 is 4.42 Å². The molecule has 0 atom stereocenters. The van der Waals surface area contributed by atoms with Crippen LogP contribution < -0.4 is 4.90 Å².